The van der Waals surface area contributed by atoms with Crippen molar-refractivity contribution in [1.82, 2.24) is 9.21 Å². The van der Waals surface area contributed by atoms with Crippen molar-refractivity contribution in [2.45, 2.75) is 11.1 Å². The molecule has 1 fully saturated rings. The quantitative estimate of drug-likeness (QED) is 0.707. The number of alkyl halides is 3. The Balaban J connectivity index is 1.73. The smallest absolute Gasteiger partial charge is 0.336 e. The van der Waals surface area contributed by atoms with Crippen LogP contribution in [0.4, 0.5) is 13.2 Å². The maximum absolute atomic E-state index is 12.9. The van der Waals surface area contributed by atoms with Crippen molar-refractivity contribution < 1.29 is 26.4 Å². The molecule has 1 aliphatic heterocycles. The van der Waals surface area contributed by atoms with E-state index < -0.39 is 27.7 Å². The van der Waals surface area contributed by atoms with E-state index in [9.17, 15) is 26.4 Å². The number of carbonyl (C=O) groups excluding carboxylic acids is 1. The largest absolute Gasteiger partial charge is 0.416 e. The minimum atomic E-state index is -4.57. The Morgan fingerprint density at radius 2 is 1.73 bits per heavy atom. The highest BCUT2D eigenvalue weighted by Gasteiger charge is 2.33. The maximum Gasteiger partial charge on any atom is 0.416 e. The van der Waals surface area contributed by atoms with Gasteiger partial charge in [0.05, 0.1) is 21.0 Å². The van der Waals surface area contributed by atoms with Gasteiger partial charge in [-0.1, -0.05) is 17.7 Å². The number of piperazine rings is 1. The summed E-state index contributed by atoms with van der Waals surface area (Å²) in [5.41, 5.74) is -1.01. The minimum absolute atomic E-state index is 0.0208. The standard InChI is InChI=1S/C19H15ClF3N3O3S/c20-17-5-4-16(11-14(17)12-24)30(28,29)26-8-6-25(7-9-26)18(27)13-2-1-3-15(10-13)19(21,22)23/h1-5,10-11H,6-9H2. The first-order valence-electron chi connectivity index (χ1n) is 8.70. The van der Waals surface area contributed by atoms with Gasteiger partial charge in [0, 0.05) is 31.7 Å². The van der Waals surface area contributed by atoms with E-state index in [4.69, 9.17) is 16.9 Å². The maximum atomic E-state index is 12.9. The molecule has 1 saturated heterocycles. The van der Waals surface area contributed by atoms with Crippen LogP contribution in [0.2, 0.25) is 5.02 Å². The molecule has 3 rings (SSSR count). The highest BCUT2D eigenvalue weighted by atomic mass is 35.5. The third-order valence-electron chi connectivity index (χ3n) is 4.66. The highest BCUT2D eigenvalue weighted by molar-refractivity contribution is 7.89. The van der Waals surface area contributed by atoms with E-state index in [-0.39, 0.29) is 47.2 Å². The van der Waals surface area contributed by atoms with E-state index in [2.05, 4.69) is 0 Å². The first-order valence-corrected chi connectivity index (χ1v) is 10.5. The number of hydrogen-bond acceptors (Lipinski definition) is 4. The topological polar surface area (TPSA) is 81.5 Å². The van der Waals surface area contributed by atoms with Gasteiger partial charge in [-0.25, -0.2) is 8.42 Å². The molecule has 158 valence electrons. The van der Waals surface area contributed by atoms with Crippen LogP contribution in [-0.4, -0.2) is 49.7 Å². The van der Waals surface area contributed by atoms with Crippen molar-refractivity contribution >= 4 is 27.5 Å². The van der Waals surface area contributed by atoms with E-state index in [0.717, 1.165) is 22.5 Å². The highest BCUT2D eigenvalue weighted by Crippen LogP contribution is 2.30. The molecule has 0 aliphatic carbocycles. The second-order valence-electron chi connectivity index (χ2n) is 6.53. The molecule has 30 heavy (non-hydrogen) atoms. The summed E-state index contributed by atoms with van der Waals surface area (Å²) >= 11 is 5.84. The molecule has 0 N–H and O–H groups in total. The van der Waals surface area contributed by atoms with E-state index >= 15 is 0 Å². The predicted octanol–water partition coefficient (Wildman–Crippen LogP) is 3.38. The monoisotopic (exact) mass is 457 g/mol. The molecule has 0 atom stereocenters. The fraction of sp³-hybridized carbons (Fsp3) is 0.263. The van der Waals surface area contributed by atoms with Crippen LogP contribution in [0.5, 0.6) is 0 Å². The zero-order valence-electron chi connectivity index (χ0n) is 15.4. The van der Waals surface area contributed by atoms with Gasteiger partial charge < -0.3 is 4.90 Å². The molecule has 2 aromatic carbocycles. The summed E-state index contributed by atoms with van der Waals surface area (Å²) in [4.78, 5) is 13.8. The molecule has 0 saturated carbocycles. The van der Waals surface area contributed by atoms with Gasteiger partial charge in [-0.05, 0) is 36.4 Å². The zero-order chi connectivity index (χ0) is 22.1. The van der Waals surface area contributed by atoms with E-state index in [1.807, 2.05) is 6.07 Å². The van der Waals surface area contributed by atoms with Gasteiger partial charge in [-0.3, -0.25) is 4.79 Å². The van der Waals surface area contributed by atoms with Crippen LogP contribution in [0.25, 0.3) is 0 Å². The summed E-state index contributed by atoms with van der Waals surface area (Å²) < 4.78 is 65.4. The van der Waals surface area contributed by atoms with Crippen LogP contribution < -0.4 is 0 Å². The molecule has 2 aromatic rings. The first-order chi connectivity index (χ1) is 14.0. The Hall–Kier alpha value is -2.61. The van der Waals surface area contributed by atoms with Crippen molar-refractivity contribution in [2.24, 2.45) is 0 Å². The molecule has 0 aromatic heterocycles. The molecule has 1 aliphatic rings. The molecular weight excluding hydrogens is 443 g/mol. The molecule has 0 bridgehead atoms. The fourth-order valence-electron chi connectivity index (χ4n) is 3.04. The molecule has 0 spiro atoms. The molecule has 1 heterocycles. The summed E-state index contributed by atoms with van der Waals surface area (Å²) in [5, 5.41) is 9.17. The van der Waals surface area contributed by atoms with E-state index in [1.54, 1.807) is 0 Å². The molecule has 1 amide bonds. The Bertz CT molecular complexity index is 1120. The van der Waals surface area contributed by atoms with Gasteiger partial charge in [0.2, 0.25) is 10.0 Å². The van der Waals surface area contributed by atoms with Gasteiger partial charge >= 0.3 is 6.18 Å². The lowest BCUT2D eigenvalue weighted by molar-refractivity contribution is -0.137. The number of benzene rings is 2. The van der Waals surface area contributed by atoms with E-state index in [1.165, 1.54) is 29.2 Å². The van der Waals surface area contributed by atoms with Crippen LogP contribution in [0, 0.1) is 11.3 Å². The van der Waals surface area contributed by atoms with Crippen LogP contribution >= 0.6 is 11.6 Å². The average Bonchev–Trinajstić information content (AvgIpc) is 2.73. The van der Waals surface area contributed by atoms with Gasteiger partial charge in [0.15, 0.2) is 0 Å². The van der Waals surface area contributed by atoms with Gasteiger partial charge in [0.25, 0.3) is 5.91 Å². The summed E-state index contributed by atoms with van der Waals surface area (Å²) in [5.74, 6) is -0.601. The van der Waals surface area contributed by atoms with Crippen LogP contribution in [0.3, 0.4) is 0 Å². The number of nitriles is 1. The number of amides is 1. The second kappa shape index (κ2) is 8.26. The molecular formula is C19H15ClF3N3O3S. The lowest BCUT2D eigenvalue weighted by Gasteiger charge is -2.34. The van der Waals surface area contributed by atoms with Gasteiger partial charge in [0.1, 0.15) is 6.07 Å². The first kappa shape index (κ1) is 22.1. The van der Waals surface area contributed by atoms with Crippen molar-refractivity contribution in [1.29, 1.82) is 5.26 Å². The average molecular weight is 458 g/mol. The summed E-state index contributed by atoms with van der Waals surface area (Å²) in [6.45, 7) is -0.0187. The molecule has 6 nitrogen and oxygen atoms in total. The number of sulfonamides is 1. The summed E-state index contributed by atoms with van der Waals surface area (Å²) in [6, 6.07) is 9.71. The van der Waals surface area contributed by atoms with Crippen molar-refractivity contribution in [3.05, 3.63) is 64.2 Å². The Labute approximate surface area is 176 Å². The van der Waals surface area contributed by atoms with Gasteiger partial charge in [-0.2, -0.15) is 22.7 Å². The Morgan fingerprint density at radius 3 is 2.33 bits per heavy atom. The molecule has 0 radical (unpaired) electrons. The SMILES string of the molecule is N#Cc1cc(S(=O)(=O)N2CCN(C(=O)c3cccc(C(F)(F)F)c3)CC2)ccc1Cl. The van der Waals surface area contributed by atoms with Crippen LogP contribution in [0.1, 0.15) is 21.5 Å². The van der Waals surface area contributed by atoms with Crippen molar-refractivity contribution in [3.63, 3.8) is 0 Å². The third-order valence-corrected chi connectivity index (χ3v) is 6.88. The Kier molecular flexibility index (Phi) is 6.08. The number of nitrogens with zero attached hydrogens (tertiary/aromatic N) is 3. The predicted molar refractivity (Wildman–Crippen MR) is 102 cm³/mol. The van der Waals surface area contributed by atoms with E-state index in [0.29, 0.717) is 0 Å². The lowest BCUT2D eigenvalue weighted by Crippen LogP contribution is -2.50. The number of hydrogen-bond donors (Lipinski definition) is 0. The van der Waals surface area contributed by atoms with Crippen LogP contribution in [0.15, 0.2) is 47.4 Å². The van der Waals surface area contributed by atoms with Crippen molar-refractivity contribution in [2.75, 3.05) is 26.2 Å². The molecule has 0 unspecified atom stereocenters. The van der Waals surface area contributed by atoms with Crippen LogP contribution in [-0.2, 0) is 16.2 Å². The second-order valence-corrected chi connectivity index (χ2v) is 8.87. The third kappa shape index (κ3) is 4.43. The van der Waals surface area contributed by atoms with Gasteiger partial charge in [-0.15, -0.1) is 0 Å². The zero-order valence-corrected chi connectivity index (χ0v) is 16.9. The summed E-state index contributed by atoms with van der Waals surface area (Å²) in [7, 11) is -3.91. The fourth-order valence-corrected chi connectivity index (χ4v) is 4.65. The minimum Gasteiger partial charge on any atom is -0.336 e. The number of carbonyl (C=O) groups is 1. The number of rotatable bonds is 3. The lowest BCUT2D eigenvalue weighted by atomic mass is 10.1. The molecule has 11 heteroatoms. The normalized spacial score (nSPS) is 15.6. The van der Waals surface area contributed by atoms with Crippen molar-refractivity contribution in [3.8, 4) is 6.07 Å². The Morgan fingerprint density at radius 1 is 1.07 bits per heavy atom. The summed E-state index contributed by atoms with van der Waals surface area (Å²) in [6.07, 6.45) is -4.57. The number of halogens is 4.